The molecule has 1 aromatic carbocycles. The summed E-state index contributed by atoms with van der Waals surface area (Å²) in [6.45, 7) is 14.5. The summed E-state index contributed by atoms with van der Waals surface area (Å²) in [5.41, 5.74) is 6.66. The first-order valence-corrected chi connectivity index (χ1v) is 6.13. The molecule has 0 spiro atoms. The molecule has 2 nitrogen and oxygen atoms in total. The molecule has 19 heavy (non-hydrogen) atoms. The Hall–Kier alpha value is -1.14. The van der Waals surface area contributed by atoms with Gasteiger partial charge in [-0.05, 0) is 26.3 Å². The number of anilines is 1. The molecule has 1 aliphatic rings. The summed E-state index contributed by atoms with van der Waals surface area (Å²) in [4.78, 5) is 6.69. The maximum atomic E-state index is 4.58. The number of hydrogen-bond acceptors (Lipinski definition) is 2. The molecule has 0 saturated heterocycles. The number of hydrogen-bond donors (Lipinski definition) is 0. The number of amidine groups is 1. The number of benzene rings is 1. The van der Waals surface area contributed by atoms with Crippen molar-refractivity contribution in [1.82, 2.24) is 0 Å². The van der Waals surface area contributed by atoms with Gasteiger partial charge in [-0.15, -0.1) is 5.56 Å². The van der Waals surface area contributed by atoms with Crippen molar-refractivity contribution in [3.05, 3.63) is 52.9 Å². The van der Waals surface area contributed by atoms with Crippen LogP contribution in [-0.4, -0.2) is 5.84 Å². The Morgan fingerprint density at radius 3 is 2.37 bits per heavy atom. The average Bonchev–Trinajstić information content (AvgIpc) is 2.29. The van der Waals surface area contributed by atoms with Crippen LogP contribution < -0.4 is 4.90 Å². The monoisotopic (exact) mass is 423 g/mol. The number of nitrogens with zero attached hydrogens (tertiary/aromatic N) is 2. The third kappa shape index (κ3) is 2.89. The van der Waals surface area contributed by atoms with E-state index in [0.29, 0.717) is 0 Å². The summed E-state index contributed by atoms with van der Waals surface area (Å²) in [7, 11) is 0. The first-order valence-electron chi connectivity index (χ1n) is 6.13. The SMILES string of the molecule is C=C1C(C)=C(C)N=C(C)N1c1c[c-]c(C)cc1C.[W+2]. The minimum absolute atomic E-state index is 0. The minimum atomic E-state index is 0. The van der Waals surface area contributed by atoms with Gasteiger partial charge in [-0.3, -0.25) is 0 Å². The molecule has 0 radical (unpaired) electrons. The molecule has 0 aliphatic carbocycles. The zero-order valence-corrected chi connectivity index (χ0v) is 15.1. The van der Waals surface area contributed by atoms with Crippen LogP contribution in [0.4, 0.5) is 5.69 Å². The van der Waals surface area contributed by atoms with Gasteiger partial charge in [0.1, 0.15) is 0 Å². The average molecular weight is 423 g/mol. The van der Waals surface area contributed by atoms with E-state index in [9.17, 15) is 0 Å². The Morgan fingerprint density at radius 1 is 1.16 bits per heavy atom. The van der Waals surface area contributed by atoms with Gasteiger partial charge in [0.05, 0.1) is 5.84 Å². The van der Waals surface area contributed by atoms with Crippen LogP contribution in [0.1, 0.15) is 31.9 Å². The third-order valence-corrected chi connectivity index (χ3v) is 3.41. The molecule has 98 valence electrons. The Bertz CT molecular complexity index is 580. The van der Waals surface area contributed by atoms with Gasteiger partial charge >= 0.3 is 21.1 Å². The molecule has 0 atom stereocenters. The van der Waals surface area contributed by atoms with Gasteiger partial charge in [0.15, 0.2) is 0 Å². The van der Waals surface area contributed by atoms with Crippen molar-refractivity contribution in [3.63, 3.8) is 0 Å². The van der Waals surface area contributed by atoms with E-state index in [4.69, 9.17) is 0 Å². The summed E-state index contributed by atoms with van der Waals surface area (Å²) in [5.74, 6) is 0.962. The quantitative estimate of drug-likeness (QED) is 0.620. The van der Waals surface area contributed by atoms with E-state index in [1.54, 1.807) is 0 Å². The molecule has 0 bridgehead atoms. The maximum absolute atomic E-state index is 4.58. The molecular formula is C16H19N2W+. The maximum Gasteiger partial charge on any atom is 2.00 e. The number of allylic oxidation sites excluding steroid dienone is 2. The van der Waals surface area contributed by atoms with Crippen LogP contribution >= 0.6 is 0 Å². The van der Waals surface area contributed by atoms with Crippen molar-refractivity contribution >= 4 is 11.5 Å². The van der Waals surface area contributed by atoms with Gasteiger partial charge in [-0.1, -0.05) is 26.1 Å². The molecule has 0 amide bonds. The van der Waals surface area contributed by atoms with Crippen LogP contribution in [0.15, 0.2) is 40.7 Å². The molecule has 3 heteroatoms. The second-order valence-corrected chi connectivity index (χ2v) is 4.84. The van der Waals surface area contributed by atoms with Crippen molar-refractivity contribution in [1.29, 1.82) is 0 Å². The van der Waals surface area contributed by atoms with E-state index >= 15 is 0 Å². The van der Waals surface area contributed by atoms with Gasteiger partial charge in [0.2, 0.25) is 0 Å². The van der Waals surface area contributed by atoms with Crippen LogP contribution in [0.5, 0.6) is 0 Å². The largest absolute Gasteiger partial charge is 2.00 e. The van der Waals surface area contributed by atoms with Crippen LogP contribution in [0.2, 0.25) is 0 Å². The zero-order valence-electron chi connectivity index (χ0n) is 12.2. The van der Waals surface area contributed by atoms with Crippen LogP contribution in [-0.2, 0) is 21.1 Å². The van der Waals surface area contributed by atoms with Gasteiger partial charge in [0.25, 0.3) is 0 Å². The molecule has 1 aliphatic heterocycles. The Kier molecular flexibility index (Phi) is 4.92. The Balaban J connectivity index is 0.00000180. The van der Waals surface area contributed by atoms with E-state index in [2.05, 4.69) is 49.4 Å². The topological polar surface area (TPSA) is 15.6 Å². The molecule has 0 fully saturated rings. The molecule has 1 heterocycles. The summed E-state index contributed by atoms with van der Waals surface area (Å²) in [5, 5.41) is 0. The molecular weight excluding hydrogens is 404 g/mol. The fraction of sp³-hybridized carbons (Fsp3) is 0.312. The number of aryl methyl sites for hydroxylation is 2. The normalized spacial score (nSPS) is 15.3. The summed E-state index contributed by atoms with van der Waals surface area (Å²) in [6.07, 6.45) is 0. The van der Waals surface area contributed by atoms with Crippen molar-refractivity contribution in [2.45, 2.75) is 34.6 Å². The van der Waals surface area contributed by atoms with Gasteiger partial charge in [-0.2, -0.15) is 23.8 Å². The molecule has 0 aromatic heterocycles. The Labute approximate surface area is 130 Å². The molecule has 0 unspecified atom stereocenters. The number of rotatable bonds is 1. The molecule has 0 saturated carbocycles. The predicted octanol–water partition coefficient (Wildman–Crippen LogP) is 4.15. The van der Waals surface area contributed by atoms with Crippen LogP contribution in [0.3, 0.4) is 0 Å². The van der Waals surface area contributed by atoms with Crippen molar-refractivity contribution < 1.29 is 21.1 Å². The predicted molar refractivity (Wildman–Crippen MR) is 77.9 cm³/mol. The minimum Gasteiger partial charge on any atom is -0.354 e. The first kappa shape index (κ1) is 15.9. The standard InChI is InChI=1S/C16H19N2.W/c1-10-7-8-16(11(2)9-10)18-14(5)12(3)13(4)17-15(18)6;/h8-9H,5H2,1-4,6H3;/q-1;+2. The molecule has 2 rings (SSSR count). The fourth-order valence-corrected chi connectivity index (χ4v) is 2.25. The van der Waals surface area contributed by atoms with Crippen molar-refractivity contribution in [3.8, 4) is 0 Å². The molecule has 1 aromatic rings. The Morgan fingerprint density at radius 2 is 1.79 bits per heavy atom. The van der Waals surface area contributed by atoms with E-state index < -0.39 is 0 Å². The van der Waals surface area contributed by atoms with Gasteiger partial charge in [-0.25, -0.2) is 4.99 Å². The van der Waals surface area contributed by atoms with Crippen LogP contribution in [0.25, 0.3) is 0 Å². The van der Waals surface area contributed by atoms with Crippen LogP contribution in [0, 0.1) is 19.9 Å². The van der Waals surface area contributed by atoms with E-state index in [1.807, 2.05) is 19.9 Å². The molecule has 0 N–H and O–H groups in total. The number of aliphatic imine (C=N–C) groups is 1. The fourth-order valence-electron chi connectivity index (χ4n) is 2.25. The van der Waals surface area contributed by atoms with Gasteiger partial charge < -0.3 is 4.90 Å². The first-order chi connectivity index (χ1) is 8.41. The van der Waals surface area contributed by atoms with Crippen molar-refractivity contribution in [2.75, 3.05) is 4.90 Å². The summed E-state index contributed by atoms with van der Waals surface area (Å²) >= 11 is 0. The van der Waals surface area contributed by atoms with E-state index in [0.717, 1.165) is 34.1 Å². The van der Waals surface area contributed by atoms with Crippen molar-refractivity contribution in [2.24, 2.45) is 4.99 Å². The second-order valence-electron chi connectivity index (χ2n) is 4.84. The van der Waals surface area contributed by atoms with E-state index in [1.165, 1.54) is 5.56 Å². The van der Waals surface area contributed by atoms with Gasteiger partial charge in [0, 0.05) is 11.4 Å². The van der Waals surface area contributed by atoms with E-state index in [-0.39, 0.29) is 21.1 Å². The second kappa shape index (κ2) is 5.88. The smallest absolute Gasteiger partial charge is 0.354 e. The zero-order chi connectivity index (χ0) is 13.4. The third-order valence-electron chi connectivity index (χ3n) is 3.41. The summed E-state index contributed by atoms with van der Waals surface area (Å²) < 4.78 is 0. The summed E-state index contributed by atoms with van der Waals surface area (Å²) in [6, 6.07) is 7.40.